The molecule has 1 aliphatic carbocycles. The molecule has 0 aliphatic heterocycles. The van der Waals surface area contributed by atoms with Gasteiger partial charge in [-0.1, -0.05) is 0 Å². The van der Waals surface area contributed by atoms with E-state index in [1.807, 2.05) is 0 Å². The third-order valence-electron chi connectivity index (χ3n) is 2.61. The van der Waals surface area contributed by atoms with E-state index in [1.54, 1.807) is 11.3 Å². The van der Waals surface area contributed by atoms with Crippen LogP contribution in [0.4, 0.5) is 0 Å². The molecule has 1 nitrogen and oxygen atoms in total. The van der Waals surface area contributed by atoms with Crippen LogP contribution in [-0.2, 0) is 6.42 Å². The molecule has 0 radical (unpaired) electrons. The van der Waals surface area contributed by atoms with Gasteiger partial charge in [0.1, 0.15) is 0 Å². The first-order valence-corrected chi connectivity index (χ1v) is 5.53. The normalized spacial score (nSPS) is 19.4. The van der Waals surface area contributed by atoms with Gasteiger partial charge in [0.05, 0.1) is 0 Å². The first-order chi connectivity index (χ1) is 5.79. The van der Waals surface area contributed by atoms with Crippen LogP contribution in [0.3, 0.4) is 0 Å². The number of nitrogens with two attached hydrogens (primary N) is 1. The summed E-state index contributed by atoms with van der Waals surface area (Å²) in [5.41, 5.74) is 7.71. The summed E-state index contributed by atoms with van der Waals surface area (Å²) in [6.07, 6.45) is 6.17. The fourth-order valence-electron chi connectivity index (χ4n) is 1.49. The number of aryl methyl sites for hydroxylation is 1. The summed E-state index contributed by atoms with van der Waals surface area (Å²) in [5, 5.41) is 4.38. The van der Waals surface area contributed by atoms with Crippen LogP contribution in [0.25, 0.3) is 0 Å². The Morgan fingerprint density at radius 2 is 2.33 bits per heavy atom. The summed E-state index contributed by atoms with van der Waals surface area (Å²) in [4.78, 5) is 0. The number of hydrogen-bond acceptors (Lipinski definition) is 2. The van der Waals surface area contributed by atoms with Crippen LogP contribution in [0.1, 0.15) is 31.2 Å². The topological polar surface area (TPSA) is 26.0 Å². The Kier molecular flexibility index (Phi) is 2.20. The smallest absolute Gasteiger partial charge is 0.0155 e. The van der Waals surface area contributed by atoms with E-state index in [9.17, 15) is 0 Å². The molecule has 2 heteroatoms. The second-order valence-corrected chi connectivity index (χ2v) is 4.63. The van der Waals surface area contributed by atoms with Crippen molar-refractivity contribution < 1.29 is 0 Å². The van der Waals surface area contributed by atoms with Crippen molar-refractivity contribution in [3.63, 3.8) is 0 Å². The SMILES string of the molecule is NC1(CCCc2ccsc2)CC1. The van der Waals surface area contributed by atoms with Crippen molar-refractivity contribution in [3.05, 3.63) is 22.4 Å². The maximum absolute atomic E-state index is 5.99. The fraction of sp³-hybridized carbons (Fsp3) is 0.600. The summed E-state index contributed by atoms with van der Waals surface area (Å²) in [6, 6.07) is 2.21. The van der Waals surface area contributed by atoms with Crippen LogP contribution in [0.2, 0.25) is 0 Å². The Balaban J connectivity index is 1.69. The van der Waals surface area contributed by atoms with Crippen molar-refractivity contribution >= 4 is 11.3 Å². The highest BCUT2D eigenvalue weighted by Crippen LogP contribution is 2.36. The van der Waals surface area contributed by atoms with E-state index in [0.717, 1.165) is 0 Å². The second kappa shape index (κ2) is 3.19. The van der Waals surface area contributed by atoms with Gasteiger partial charge in [0.15, 0.2) is 0 Å². The van der Waals surface area contributed by atoms with Gasteiger partial charge in [0.2, 0.25) is 0 Å². The minimum atomic E-state index is 0.246. The number of hydrogen-bond donors (Lipinski definition) is 1. The van der Waals surface area contributed by atoms with Crippen molar-refractivity contribution in [2.24, 2.45) is 5.73 Å². The van der Waals surface area contributed by atoms with Gasteiger partial charge in [-0.15, -0.1) is 0 Å². The summed E-state index contributed by atoms with van der Waals surface area (Å²) >= 11 is 1.78. The Morgan fingerprint density at radius 1 is 1.50 bits per heavy atom. The standard InChI is InChI=1S/C10H15NS/c11-10(5-6-10)4-1-2-9-3-7-12-8-9/h3,7-8H,1-2,4-6,11H2. The van der Waals surface area contributed by atoms with E-state index in [-0.39, 0.29) is 5.54 Å². The monoisotopic (exact) mass is 181 g/mol. The molecular formula is C10H15NS. The van der Waals surface area contributed by atoms with E-state index in [2.05, 4.69) is 16.8 Å². The van der Waals surface area contributed by atoms with Gasteiger partial charge < -0.3 is 5.73 Å². The summed E-state index contributed by atoms with van der Waals surface area (Å²) in [6.45, 7) is 0. The second-order valence-electron chi connectivity index (χ2n) is 3.85. The van der Waals surface area contributed by atoms with Crippen LogP contribution in [0.15, 0.2) is 16.8 Å². The van der Waals surface area contributed by atoms with Gasteiger partial charge in [-0.2, -0.15) is 11.3 Å². The van der Waals surface area contributed by atoms with Crippen molar-refractivity contribution in [3.8, 4) is 0 Å². The molecule has 1 aliphatic rings. The van der Waals surface area contributed by atoms with Gasteiger partial charge >= 0.3 is 0 Å². The van der Waals surface area contributed by atoms with E-state index in [1.165, 1.54) is 37.7 Å². The van der Waals surface area contributed by atoms with Crippen LogP contribution in [0.5, 0.6) is 0 Å². The lowest BCUT2D eigenvalue weighted by Gasteiger charge is -2.06. The molecule has 1 aromatic heterocycles. The number of rotatable bonds is 4. The summed E-state index contributed by atoms with van der Waals surface area (Å²) in [7, 11) is 0. The van der Waals surface area contributed by atoms with Crippen LogP contribution < -0.4 is 5.73 Å². The third kappa shape index (κ3) is 2.08. The zero-order valence-electron chi connectivity index (χ0n) is 7.25. The zero-order chi connectivity index (χ0) is 8.44. The van der Waals surface area contributed by atoms with Gasteiger partial charge in [0.25, 0.3) is 0 Å². The highest BCUT2D eigenvalue weighted by atomic mass is 32.1. The molecule has 0 unspecified atom stereocenters. The molecule has 1 fully saturated rings. The molecule has 0 saturated heterocycles. The quantitative estimate of drug-likeness (QED) is 0.759. The number of thiophene rings is 1. The first kappa shape index (κ1) is 8.27. The van der Waals surface area contributed by atoms with E-state index in [0.29, 0.717) is 0 Å². The maximum atomic E-state index is 5.99. The van der Waals surface area contributed by atoms with Gasteiger partial charge in [-0.25, -0.2) is 0 Å². The summed E-state index contributed by atoms with van der Waals surface area (Å²) < 4.78 is 0. The summed E-state index contributed by atoms with van der Waals surface area (Å²) in [5.74, 6) is 0. The predicted molar refractivity (Wildman–Crippen MR) is 53.4 cm³/mol. The molecule has 0 spiro atoms. The van der Waals surface area contributed by atoms with Crippen LogP contribution in [-0.4, -0.2) is 5.54 Å². The molecule has 0 aromatic carbocycles. The predicted octanol–water partition coefficient (Wildman–Crippen LogP) is 2.56. The van der Waals surface area contributed by atoms with Crippen molar-refractivity contribution in [2.45, 2.75) is 37.6 Å². The molecule has 0 bridgehead atoms. The molecule has 1 heterocycles. The largest absolute Gasteiger partial charge is 0.325 e. The lowest BCUT2D eigenvalue weighted by atomic mass is 10.1. The Bertz CT molecular complexity index is 236. The molecule has 0 amide bonds. The Hall–Kier alpha value is -0.340. The lowest BCUT2D eigenvalue weighted by molar-refractivity contribution is 0.576. The van der Waals surface area contributed by atoms with E-state index < -0.39 is 0 Å². The minimum absolute atomic E-state index is 0.246. The average Bonchev–Trinajstić information content (AvgIpc) is 2.61. The average molecular weight is 181 g/mol. The zero-order valence-corrected chi connectivity index (χ0v) is 8.07. The Labute approximate surface area is 77.6 Å². The first-order valence-electron chi connectivity index (χ1n) is 4.58. The molecule has 2 N–H and O–H groups in total. The van der Waals surface area contributed by atoms with Crippen molar-refractivity contribution in [1.29, 1.82) is 0 Å². The molecule has 0 atom stereocenters. The Morgan fingerprint density at radius 3 is 2.92 bits per heavy atom. The highest BCUT2D eigenvalue weighted by molar-refractivity contribution is 7.07. The third-order valence-corrected chi connectivity index (χ3v) is 3.34. The molecule has 2 rings (SSSR count). The van der Waals surface area contributed by atoms with Gasteiger partial charge in [-0.3, -0.25) is 0 Å². The van der Waals surface area contributed by atoms with Crippen molar-refractivity contribution in [2.75, 3.05) is 0 Å². The fourth-order valence-corrected chi connectivity index (χ4v) is 2.19. The maximum Gasteiger partial charge on any atom is 0.0155 e. The van der Waals surface area contributed by atoms with Crippen molar-refractivity contribution in [1.82, 2.24) is 0 Å². The van der Waals surface area contributed by atoms with E-state index in [4.69, 9.17) is 5.73 Å². The molecular weight excluding hydrogens is 166 g/mol. The molecule has 66 valence electrons. The van der Waals surface area contributed by atoms with Gasteiger partial charge in [-0.05, 0) is 54.5 Å². The molecule has 1 aromatic rings. The highest BCUT2D eigenvalue weighted by Gasteiger charge is 2.36. The van der Waals surface area contributed by atoms with Crippen LogP contribution >= 0.6 is 11.3 Å². The molecule has 12 heavy (non-hydrogen) atoms. The lowest BCUT2D eigenvalue weighted by Crippen LogP contribution is -2.21. The van der Waals surface area contributed by atoms with E-state index >= 15 is 0 Å². The van der Waals surface area contributed by atoms with Gasteiger partial charge in [0, 0.05) is 5.54 Å². The molecule has 1 saturated carbocycles. The minimum Gasteiger partial charge on any atom is -0.325 e. The van der Waals surface area contributed by atoms with Crippen LogP contribution in [0, 0.1) is 0 Å².